The van der Waals surface area contributed by atoms with Gasteiger partial charge < -0.3 is 15.0 Å². The molecule has 2 amide bonds. The first-order valence-corrected chi connectivity index (χ1v) is 6.93. The molecule has 19 heavy (non-hydrogen) atoms. The van der Waals surface area contributed by atoms with E-state index in [2.05, 4.69) is 10.6 Å². The zero-order valence-corrected chi connectivity index (χ0v) is 11.9. The van der Waals surface area contributed by atoms with Gasteiger partial charge in [-0.05, 0) is 26.2 Å². The first-order valence-electron chi connectivity index (χ1n) is 6.93. The van der Waals surface area contributed by atoms with Gasteiger partial charge in [0.15, 0.2) is 0 Å². The monoisotopic (exact) mass is 271 g/mol. The number of nitrogens with one attached hydrogen (secondary N) is 2. The number of amides is 2. The van der Waals surface area contributed by atoms with Crippen molar-refractivity contribution in [2.75, 3.05) is 39.9 Å². The molecule has 110 valence electrons. The second kappa shape index (κ2) is 8.87. The molecule has 0 radical (unpaired) electrons. The molecule has 1 aliphatic rings. The number of methoxy groups -OCH3 is 1. The molecule has 0 saturated carbocycles. The summed E-state index contributed by atoms with van der Waals surface area (Å²) >= 11 is 0. The second-order valence-electron chi connectivity index (χ2n) is 4.83. The lowest BCUT2D eigenvalue weighted by Crippen LogP contribution is -2.46. The largest absolute Gasteiger partial charge is 0.385 e. The summed E-state index contributed by atoms with van der Waals surface area (Å²) in [5.41, 5.74) is 0. The van der Waals surface area contributed by atoms with Crippen LogP contribution in [-0.2, 0) is 14.3 Å². The zero-order chi connectivity index (χ0) is 14.1. The Hall–Kier alpha value is -1.14. The van der Waals surface area contributed by atoms with Crippen molar-refractivity contribution in [1.29, 1.82) is 0 Å². The van der Waals surface area contributed by atoms with Gasteiger partial charge in [0, 0.05) is 33.4 Å². The van der Waals surface area contributed by atoms with Crippen LogP contribution in [0.15, 0.2) is 0 Å². The first-order chi connectivity index (χ1) is 9.15. The molecule has 1 saturated heterocycles. The molecule has 6 nitrogen and oxygen atoms in total. The average molecular weight is 271 g/mol. The smallest absolute Gasteiger partial charge is 0.236 e. The van der Waals surface area contributed by atoms with Crippen molar-refractivity contribution in [2.24, 2.45) is 0 Å². The fourth-order valence-electron chi connectivity index (χ4n) is 1.99. The fourth-order valence-corrected chi connectivity index (χ4v) is 1.99. The topological polar surface area (TPSA) is 70.7 Å². The Balaban J connectivity index is 2.13. The normalized spacial score (nSPS) is 16.4. The minimum atomic E-state index is -0.353. The van der Waals surface area contributed by atoms with Crippen LogP contribution in [0.1, 0.15) is 26.2 Å². The zero-order valence-electron chi connectivity index (χ0n) is 11.9. The Kier molecular flexibility index (Phi) is 7.43. The lowest BCUT2D eigenvalue weighted by atomic mass is 10.3. The lowest BCUT2D eigenvalue weighted by molar-refractivity contribution is -0.129. The minimum absolute atomic E-state index is 0.0784. The van der Waals surface area contributed by atoms with Crippen molar-refractivity contribution >= 4 is 11.8 Å². The summed E-state index contributed by atoms with van der Waals surface area (Å²) in [5, 5.41) is 5.77. The summed E-state index contributed by atoms with van der Waals surface area (Å²) in [6, 6.07) is -0.353. The third-order valence-corrected chi connectivity index (χ3v) is 3.24. The highest BCUT2D eigenvalue weighted by Gasteiger charge is 2.19. The van der Waals surface area contributed by atoms with Gasteiger partial charge in [-0.3, -0.25) is 14.9 Å². The molecule has 0 bridgehead atoms. The Bertz CT molecular complexity index is 291. The van der Waals surface area contributed by atoms with Gasteiger partial charge in [0.05, 0.1) is 12.6 Å². The van der Waals surface area contributed by atoms with Crippen molar-refractivity contribution in [1.82, 2.24) is 15.5 Å². The van der Waals surface area contributed by atoms with Gasteiger partial charge in [0.1, 0.15) is 0 Å². The third kappa shape index (κ3) is 6.02. The van der Waals surface area contributed by atoms with Crippen molar-refractivity contribution in [3.05, 3.63) is 0 Å². The molecule has 1 heterocycles. The van der Waals surface area contributed by atoms with Crippen LogP contribution in [0, 0.1) is 0 Å². The summed E-state index contributed by atoms with van der Waals surface area (Å²) in [4.78, 5) is 25.3. The van der Waals surface area contributed by atoms with Crippen LogP contribution < -0.4 is 10.6 Å². The molecule has 1 rings (SSSR count). The van der Waals surface area contributed by atoms with E-state index in [1.807, 2.05) is 4.90 Å². The molecule has 2 N–H and O–H groups in total. The van der Waals surface area contributed by atoms with Crippen molar-refractivity contribution < 1.29 is 14.3 Å². The van der Waals surface area contributed by atoms with Crippen molar-refractivity contribution in [3.8, 4) is 0 Å². The first kappa shape index (κ1) is 15.9. The van der Waals surface area contributed by atoms with Gasteiger partial charge in [-0.2, -0.15) is 0 Å². The van der Waals surface area contributed by atoms with Gasteiger partial charge >= 0.3 is 0 Å². The number of hydrogen-bond acceptors (Lipinski definition) is 4. The number of nitrogens with zero attached hydrogens (tertiary/aromatic N) is 1. The maximum Gasteiger partial charge on any atom is 0.236 e. The van der Waals surface area contributed by atoms with Crippen molar-refractivity contribution in [3.63, 3.8) is 0 Å². The van der Waals surface area contributed by atoms with Gasteiger partial charge in [-0.1, -0.05) is 0 Å². The van der Waals surface area contributed by atoms with E-state index in [0.29, 0.717) is 13.2 Å². The summed E-state index contributed by atoms with van der Waals surface area (Å²) < 4.78 is 4.90. The van der Waals surface area contributed by atoms with Gasteiger partial charge in [0.25, 0.3) is 0 Å². The van der Waals surface area contributed by atoms with Crippen LogP contribution in [0.25, 0.3) is 0 Å². The van der Waals surface area contributed by atoms with Crippen molar-refractivity contribution in [2.45, 2.75) is 32.2 Å². The van der Waals surface area contributed by atoms with E-state index in [1.165, 1.54) is 0 Å². The van der Waals surface area contributed by atoms with E-state index in [0.717, 1.165) is 32.4 Å². The van der Waals surface area contributed by atoms with Gasteiger partial charge in [-0.15, -0.1) is 0 Å². The molecule has 1 aliphatic heterocycles. The quantitative estimate of drug-likeness (QED) is 0.597. The highest BCUT2D eigenvalue weighted by Crippen LogP contribution is 2.06. The van der Waals surface area contributed by atoms with Crippen LogP contribution in [0.2, 0.25) is 0 Å². The standard InChI is InChI=1S/C13H25N3O3/c1-11(13(18)14-6-5-9-19-2)15-10-12(17)16-7-3-4-8-16/h11,15H,3-10H2,1-2H3,(H,14,18). The number of likely N-dealkylation sites (tertiary alicyclic amines) is 1. The molecule has 0 aliphatic carbocycles. The average Bonchev–Trinajstić information content (AvgIpc) is 2.94. The maximum atomic E-state index is 11.8. The molecule has 1 fully saturated rings. The summed E-state index contributed by atoms with van der Waals surface area (Å²) in [6.07, 6.45) is 2.96. The summed E-state index contributed by atoms with van der Waals surface area (Å²) in [6.45, 7) is 4.92. The van der Waals surface area contributed by atoms with E-state index >= 15 is 0 Å². The Labute approximate surface area is 114 Å². The molecule has 0 aromatic rings. The Morgan fingerprint density at radius 1 is 1.32 bits per heavy atom. The van der Waals surface area contributed by atoms with E-state index in [4.69, 9.17) is 4.74 Å². The van der Waals surface area contributed by atoms with E-state index in [9.17, 15) is 9.59 Å². The number of hydrogen-bond donors (Lipinski definition) is 2. The Morgan fingerprint density at radius 3 is 2.63 bits per heavy atom. The van der Waals surface area contributed by atoms with Crippen LogP contribution in [-0.4, -0.2) is 62.7 Å². The fraction of sp³-hybridized carbons (Fsp3) is 0.846. The van der Waals surface area contributed by atoms with Crippen LogP contribution >= 0.6 is 0 Å². The molecule has 6 heteroatoms. The molecular weight excluding hydrogens is 246 g/mol. The molecule has 0 spiro atoms. The number of rotatable bonds is 8. The lowest BCUT2D eigenvalue weighted by Gasteiger charge is -2.18. The van der Waals surface area contributed by atoms with Crippen LogP contribution in [0.4, 0.5) is 0 Å². The maximum absolute atomic E-state index is 11.8. The summed E-state index contributed by atoms with van der Waals surface area (Å²) in [7, 11) is 1.63. The number of carbonyl (C=O) groups is 2. The highest BCUT2D eigenvalue weighted by atomic mass is 16.5. The number of ether oxygens (including phenoxy) is 1. The highest BCUT2D eigenvalue weighted by molar-refractivity contribution is 5.83. The second-order valence-corrected chi connectivity index (χ2v) is 4.83. The molecule has 0 aromatic carbocycles. The summed E-state index contributed by atoms with van der Waals surface area (Å²) in [5.74, 6) is 0.00172. The van der Waals surface area contributed by atoms with Crippen LogP contribution in [0.3, 0.4) is 0 Å². The molecule has 1 unspecified atom stereocenters. The van der Waals surface area contributed by atoms with Gasteiger partial charge in [-0.25, -0.2) is 0 Å². The molecular formula is C13H25N3O3. The van der Waals surface area contributed by atoms with E-state index in [-0.39, 0.29) is 24.4 Å². The Morgan fingerprint density at radius 2 is 2.00 bits per heavy atom. The predicted molar refractivity (Wildman–Crippen MR) is 72.8 cm³/mol. The third-order valence-electron chi connectivity index (χ3n) is 3.24. The minimum Gasteiger partial charge on any atom is -0.385 e. The molecule has 1 atom stereocenters. The van der Waals surface area contributed by atoms with Crippen LogP contribution in [0.5, 0.6) is 0 Å². The predicted octanol–water partition coefficient (Wildman–Crippen LogP) is -0.260. The number of carbonyl (C=O) groups excluding carboxylic acids is 2. The van der Waals surface area contributed by atoms with Gasteiger partial charge in [0.2, 0.25) is 11.8 Å². The SMILES string of the molecule is COCCCNC(=O)C(C)NCC(=O)N1CCCC1. The van der Waals surface area contributed by atoms with E-state index in [1.54, 1.807) is 14.0 Å². The van der Waals surface area contributed by atoms with E-state index < -0.39 is 0 Å². The molecule has 0 aromatic heterocycles.